The molecule has 0 fully saturated rings. The van der Waals surface area contributed by atoms with E-state index in [2.05, 4.69) is 42.0 Å². The van der Waals surface area contributed by atoms with Gasteiger partial charge in [0, 0.05) is 23.8 Å². The third-order valence-corrected chi connectivity index (χ3v) is 3.49. The summed E-state index contributed by atoms with van der Waals surface area (Å²) in [7, 11) is 0. The highest BCUT2D eigenvalue weighted by atomic mass is 16.1. The van der Waals surface area contributed by atoms with Crippen molar-refractivity contribution in [3.8, 4) is 0 Å². The van der Waals surface area contributed by atoms with E-state index < -0.39 is 0 Å². The number of hydrogen-bond donors (Lipinski definition) is 1. The zero-order valence-corrected chi connectivity index (χ0v) is 11.3. The summed E-state index contributed by atoms with van der Waals surface area (Å²) in [6.07, 6.45) is 2.07. The molecule has 0 aliphatic heterocycles. The monoisotopic (exact) mass is 264 g/mol. The van der Waals surface area contributed by atoms with Gasteiger partial charge in [0.05, 0.1) is 0 Å². The number of rotatable bonds is 3. The quantitative estimate of drug-likeness (QED) is 0.776. The summed E-state index contributed by atoms with van der Waals surface area (Å²) in [5.41, 5.74) is 9.38. The molecular formula is C17H16N2O. The van der Waals surface area contributed by atoms with Crippen LogP contribution in [0.3, 0.4) is 0 Å². The minimum atomic E-state index is -0.389. The van der Waals surface area contributed by atoms with Crippen molar-refractivity contribution < 1.29 is 4.79 Å². The van der Waals surface area contributed by atoms with Crippen LogP contribution in [-0.2, 0) is 6.54 Å². The number of carbonyl (C=O) groups is 1. The number of carbonyl (C=O) groups excluding carboxylic acids is 1. The van der Waals surface area contributed by atoms with E-state index in [0.29, 0.717) is 5.56 Å². The lowest BCUT2D eigenvalue weighted by Crippen LogP contribution is -2.11. The van der Waals surface area contributed by atoms with Gasteiger partial charge in [0.25, 0.3) is 0 Å². The number of aryl methyl sites for hydroxylation is 1. The molecule has 0 bridgehead atoms. The first-order chi connectivity index (χ1) is 9.63. The number of fused-ring (bicyclic) bond motifs is 1. The summed E-state index contributed by atoms with van der Waals surface area (Å²) in [6.45, 7) is 2.82. The molecule has 0 aliphatic rings. The Bertz CT molecular complexity index is 787. The van der Waals surface area contributed by atoms with Crippen molar-refractivity contribution in [1.29, 1.82) is 0 Å². The molecule has 1 aromatic heterocycles. The summed E-state index contributed by atoms with van der Waals surface area (Å²) in [4.78, 5) is 11.2. The molecule has 1 heterocycles. The zero-order chi connectivity index (χ0) is 14.1. The Kier molecular flexibility index (Phi) is 3.03. The van der Waals surface area contributed by atoms with Gasteiger partial charge in [0.15, 0.2) is 0 Å². The van der Waals surface area contributed by atoms with Gasteiger partial charge in [-0.05, 0) is 47.7 Å². The second-order valence-electron chi connectivity index (χ2n) is 5.07. The summed E-state index contributed by atoms with van der Waals surface area (Å²) in [5, 5.41) is 1.22. The highest BCUT2D eigenvalue weighted by molar-refractivity contribution is 5.92. The van der Waals surface area contributed by atoms with Crippen molar-refractivity contribution in [2.24, 2.45) is 5.73 Å². The second kappa shape index (κ2) is 4.85. The topological polar surface area (TPSA) is 48.0 Å². The summed E-state index contributed by atoms with van der Waals surface area (Å²) >= 11 is 0. The van der Waals surface area contributed by atoms with Crippen LogP contribution < -0.4 is 5.73 Å². The number of nitrogens with two attached hydrogens (primary N) is 1. The number of nitrogens with zero attached hydrogens (tertiary/aromatic N) is 1. The van der Waals surface area contributed by atoms with Gasteiger partial charge in [-0.2, -0.15) is 0 Å². The Balaban J connectivity index is 1.99. The molecule has 3 rings (SSSR count). The van der Waals surface area contributed by atoms with E-state index in [4.69, 9.17) is 5.73 Å². The molecule has 2 N–H and O–H groups in total. The third-order valence-electron chi connectivity index (χ3n) is 3.49. The summed E-state index contributed by atoms with van der Waals surface area (Å²) < 4.78 is 2.18. The number of primary amides is 1. The molecule has 0 atom stereocenters. The van der Waals surface area contributed by atoms with Crippen LogP contribution in [-0.4, -0.2) is 10.5 Å². The Morgan fingerprint density at radius 2 is 2.00 bits per heavy atom. The summed E-state index contributed by atoms with van der Waals surface area (Å²) in [6, 6.07) is 16.0. The fourth-order valence-corrected chi connectivity index (χ4v) is 2.45. The van der Waals surface area contributed by atoms with Crippen molar-refractivity contribution in [2.45, 2.75) is 13.5 Å². The molecule has 20 heavy (non-hydrogen) atoms. The average molecular weight is 264 g/mol. The van der Waals surface area contributed by atoms with Gasteiger partial charge < -0.3 is 10.3 Å². The zero-order valence-electron chi connectivity index (χ0n) is 11.3. The van der Waals surface area contributed by atoms with Crippen molar-refractivity contribution in [2.75, 3.05) is 0 Å². The van der Waals surface area contributed by atoms with Gasteiger partial charge in [-0.1, -0.05) is 24.3 Å². The summed E-state index contributed by atoms with van der Waals surface area (Å²) in [5.74, 6) is -0.389. The predicted molar refractivity (Wildman–Crippen MR) is 80.7 cm³/mol. The van der Waals surface area contributed by atoms with Crippen LogP contribution >= 0.6 is 0 Å². The molecule has 0 saturated carbocycles. The Morgan fingerprint density at radius 1 is 1.15 bits per heavy atom. The van der Waals surface area contributed by atoms with E-state index in [1.54, 1.807) is 6.07 Å². The van der Waals surface area contributed by atoms with Crippen LogP contribution in [0.5, 0.6) is 0 Å². The van der Waals surface area contributed by atoms with Gasteiger partial charge in [-0.25, -0.2) is 0 Å². The van der Waals surface area contributed by atoms with Gasteiger partial charge in [-0.15, -0.1) is 0 Å². The van der Waals surface area contributed by atoms with Gasteiger partial charge >= 0.3 is 0 Å². The standard InChI is InChI=1S/C17H16N2O/c1-12-5-6-14-7-8-19(16(14)9-12)11-13-3-2-4-15(10-13)17(18)20/h2-10H,11H2,1H3,(H2,18,20). The predicted octanol–water partition coefficient (Wildman–Crippen LogP) is 3.10. The SMILES string of the molecule is Cc1ccc2ccn(Cc3cccc(C(N)=O)c3)c2c1. The van der Waals surface area contributed by atoms with Crippen molar-refractivity contribution in [3.05, 3.63) is 71.4 Å². The Labute approximate surface area is 117 Å². The highest BCUT2D eigenvalue weighted by Gasteiger charge is 2.04. The van der Waals surface area contributed by atoms with Crippen molar-refractivity contribution >= 4 is 16.8 Å². The normalized spacial score (nSPS) is 10.8. The first kappa shape index (κ1) is 12.5. The van der Waals surface area contributed by atoms with Crippen molar-refractivity contribution in [1.82, 2.24) is 4.57 Å². The molecule has 2 aromatic carbocycles. The lowest BCUT2D eigenvalue weighted by atomic mass is 10.1. The van der Waals surface area contributed by atoms with E-state index in [0.717, 1.165) is 12.1 Å². The molecule has 0 spiro atoms. The maximum atomic E-state index is 11.2. The molecule has 3 nitrogen and oxygen atoms in total. The molecule has 0 aliphatic carbocycles. The lowest BCUT2D eigenvalue weighted by Gasteiger charge is -2.07. The van der Waals surface area contributed by atoms with E-state index in [1.807, 2.05) is 18.2 Å². The first-order valence-electron chi connectivity index (χ1n) is 6.58. The fourth-order valence-electron chi connectivity index (χ4n) is 2.45. The van der Waals surface area contributed by atoms with Crippen LogP contribution in [0.1, 0.15) is 21.5 Å². The number of benzene rings is 2. The lowest BCUT2D eigenvalue weighted by molar-refractivity contribution is 0.1000. The van der Waals surface area contributed by atoms with Crippen LogP contribution in [0, 0.1) is 6.92 Å². The van der Waals surface area contributed by atoms with E-state index in [9.17, 15) is 4.79 Å². The van der Waals surface area contributed by atoms with Crippen LogP contribution in [0.15, 0.2) is 54.7 Å². The Hall–Kier alpha value is -2.55. The van der Waals surface area contributed by atoms with Crippen LogP contribution in [0.2, 0.25) is 0 Å². The molecule has 1 amide bonds. The largest absolute Gasteiger partial charge is 0.366 e. The minimum absolute atomic E-state index is 0.389. The molecule has 100 valence electrons. The molecule has 0 unspecified atom stereocenters. The molecule has 3 heteroatoms. The van der Waals surface area contributed by atoms with Gasteiger partial charge in [0.2, 0.25) is 5.91 Å². The third kappa shape index (κ3) is 2.30. The van der Waals surface area contributed by atoms with Crippen molar-refractivity contribution in [3.63, 3.8) is 0 Å². The maximum absolute atomic E-state index is 11.2. The minimum Gasteiger partial charge on any atom is -0.366 e. The number of hydrogen-bond acceptors (Lipinski definition) is 1. The maximum Gasteiger partial charge on any atom is 0.248 e. The first-order valence-corrected chi connectivity index (χ1v) is 6.58. The average Bonchev–Trinajstić information content (AvgIpc) is 2.82. The van der Waals surface area contributed by atoms with Gasteiger partial charge in [0.1, 0.15) is 0 Å². The van der Waals surface area contributed by atoms with E-state index >= 15 is 0 Å². The molecule has 3 aromatic rings. The highest BCUT2D eigenvalue weighted by Crippen LogP contribution is 2.19. The molecule has 0 radical (unpaired) electrons. The van der Waals surface area contributed by atoms with Gasteiger partial charge in [-0.3, -0.25) is 4.79 Å². The number of amides is 1. The number of aromatic nitrogens is 1. The smallest absolute Gasteiger partial charge is 0.248 e. The fraction of sp³-hybridized carbons (Fsp3) is 0.118. The van der Waals surface area contributed by atoms with Crippen LogP contribution in [0.4, 0.5) is 0 Å². The second-order valence-corrected chi connectivity index (χ2v) is 5.07. The van der Waals surface area contributed by atoms with Crippen LogP contribution in [0.25, 0.3) is 10.9 Å². The van der Waals surface area contributed by atoms with E-state index in [1.165, 1.54) is 16.5 Å². The van der Waals surface area contributed by atoms with E-state index in [-0.39, 0.29) is 5.91 Å². The molecule has 0 saturated heterocycles. The molecular weight excluding hydrogens is 248 g/mol. The Morgan fingerprint density at radius 3 is 2.80 bits per heavy atom.